The smallest absolute Gasteiger partial charge is 0.365 e. The summed E-state index contributed by atoms with van der Waals surface area (Å²) in [6.45, 7) is 35.8. The van der Waals surface area contributed by atoms with Crippen molar-refractivity contribution in [2.45, 2.75) is 162 Å². The second-order valence-corrected chi connectivity index (χ2v) is 39.2. The molecule has 4 atom stereocenters. The first kappa shape index (κ1) is 93.7. The van der Waals surface area contributed by atoms with E-state index >= 15 is 9.59 Å². The van der Waals surface area contributed by atoms with Gasteiger partial charge in [-0.05, 0) is 148 Å². The van der Waals surface area contributed by atoms with Crippen LogP contribution in [0.1, 0.15) is 213 Å². The molecule has 4 bridgehead atoms. The third kappa shape index (κ3) is 17.4. The molecule has 31 heteroatoms. The summed E-state index contributed by atoms with van der Waals surface area (Å²) in [5, 5.41) is 20.4. The number of benzene rings is 6. The highest BCUT2D eigenvalue weighted by atomic mass is 16.6. The Balaban J connectivity index is 0.686. The molecule has 0 radical (unpaired) electrons. The molecule has 2 aliphatic heterocycles. The van der Waals surface area contributed by atoms with Gasteiger partial charge in [0, 0.05) is 79.5 Å². The number of carbonyl (C=O) groups is 10. The van der Waals surface area contributed by atoms with E-state index < -0.39 is 104 Å². The van der Waals surface area contributed by atoms with Crippen molar-refractivity contribution in [3.8, 4) is 34.5 Å². The van der Waals surface area contributed by atoms with E-state index in [-0.39, 0.29) is 188 Å². The van der Waals surface area contributed by atoms with Gasteiger partial charge in [-0.25, -0.2) is 39.5 Å². The number of amides is 6. The van der Waals surface area contributed by atoms with Gasteiger partial charge in [0.25, 0.3) is 35.4 Å². The van der Waals surface area contributed by atoms with Crippen molar-refractivity contribution in [1.82, 2.24) is 29.9 Å². The summed E-state index contributed by atoms with van der Waals surface area (Å²) in [7, 11) is 0. The second kappa shape index (κ2) is 36.5. The van der Waals surface area contributed by atoms with Crippen molar-refractivity contribution >= 4 is 159 Å². The van der Waals surface area contributed by atoms with Gasteiger partial charge in [0.15, 0.2) is 22.6 Å². The first-order chi connectivity index (χ1) is 64.1. The fourth-order valence-corrected chi connectivity index (χ4v) is 17.7. The van der Waals surface area contributed by atoms with Crippen molar-refractivity contribution in [1.29, 1.82) is 0 Å². The summed E-state index contributed by atoms with van der Waals surface area (Å²) in [6.07, 6.45) is 1.55. The SMILES string of the molecule is CC(C)COc1cc(C(=O)Nc2cccc3c(OCC(C)C)cc(C(=O)OC(=O)c4cc(OCC(C)C)c5cccc(NC(=O)c6cc(OCC(C)C)c7cccc(NC(=O)c8cc(OCC(C)C)c9cccc(NC(=O)[C@@]%10%11CC[C@@](C)(C(=O)O%10)C%11(C)C)c9n8)c7n6)c5n4)nc23)nc2c(NC(=O)c3cc(OCC(C)C)c4cccc(NC(=O)[C@@]56CC[C@@](C)(C(=O)O5)C6(C)C)c4n3)cccc12. The van der Waals surface area contributed by atoms with Crippen LogP contribution in [0.5, 0.6) is 34.5 Å². The lowest BCUT2D eigenvalue weighted by Crippen LogP contribution is -2.50. The predicted octanol–water partition coefficient (Wildman–Crippen LogP) is 19.3. The second-order valence-electron chi connectivity index (χ2n) is 39.2. The molecular weight excluding hydrogens is 1720 g/mol. The lowest BCUT2D eigenvalue weighted by atomic mass is 9.66. The lowest BCUT2D eigenvalue weighted by Gasteiger charge is -2.35. The van der Waals surface area contributed by atoms with E-state index in [1.165, 1.54) is 36.4 Å². The van der Waals surface area contributed by atoms with Crippen LogP contribution in [0.4, 0.5) is 34.1 Å². The summed E-state index contributed by atoms with van der Waals surface area (Å²) in [6, 6.07) is 38.9. The number of esters is 4. The van der Waals surface area contributed by atoms with Crippen molar-refractivity contribution in [2.75, 3.05) is 71.5 Å². The molecule has 8 heterocycles. The minimum atomic E-state index is -1.47. The van der Waals surface area contributed by atoms with Gasteiger partial charge < -0.3 is 74.5 Å². The molecule has 6 aromatic carbocycles. The van der Waals surface area contributed by atoms with Crippen LogP contribution in [0.2, 0.25) is 0 Å². The Hall–Kier alpha value is -14.5. The molecule has 4 aliphatic rings. The quantitative estimate of drug-likeness (QED) is 0.0130. The molecule has 4 fully saturated rings. The number of aromatic nitrogens is 6. The van der Waals surface area contributed by atoms with Gasteiger partial charge in [0.1, 0.15) is 57.3 Å². The molecule has 2 aliphatic carbocycles. The minimum absolute atomic E-state index is 0.0168. The summed E-state index contributed by atoms with van der Waals surface area (Å²) in [5.41, 5.74) is -5.96. The standard InChI is InChI=1S/C104H110N12O19/c1-53(2)47-127-77-41-71(105-83-59(77)25-19-31-65(83)111-91(119)73-43-79(129-49-55(5)6)61-29-23-35-69(87(61)107-73)115-95(123)103-39-37-101(17,97(125)134-103)99(103,13)14)89(117)113-67-33-21-27-63-81(131-51-57(9)10)45-75(109-85(63)67)93(121)133-94(122)76-46-82(132-52-58(11)12)64-28-22-34-68(86(64)110-76)114-90(118)72-42-78(128-48-54(3)4)60-26-20-32-66(84(60)106-72)112-92(120)74-44-80(130-50-56(7)8)62-30-24-36-70(88(62)108-74)116-96(124)104-40-38-102(18,98(126)135-104)100(104,15)16/h19-36,41-46,53-58H,37-40,47-52H2,1-18H3,(H,111,119)(H,112,120)(H,113,117)(H,114,118)(H,115,123)(H,116,124)/t101-,102-,103+,104+/m0/s1. The number of anilines is 6. The summed E-state index contributed by atoms with van der Waals surface area (Å²) < 4.78 is 55.9. The van der Waals surface area contributed by atoms with Crippen molar-refractivity contribution in [2.24, 2.45) is 57.2 Å². The van der Waals surface area contributed by atoms with Crippen LogP contribution in [-0.2, 0) is 33.4 Å². The largest absolute Gasteiger partial charge is 0.493 e. The van der Waals surface area contributed by atoms with Gasteiger partial charge in [-0.2, -0.15) is 0 Å². The number of carbonyl (C=O) groups excluding carboxylic acids is 10. The van der Waals surface area contributed by atoms with Crippen LogP contribution in [0.3, 0.4) is 0 Å². The van der Waals surface area contributed by atoms with E-state index in [4.69, 9.17) is 72.5 Å². The van der Waals surface area contributed by atoms with E-state index in [9.17, 15) is 38.4 Å². The molecule has 6 aromatic heterocycles. The van der Waals surface area contributed by atoms with Crippen molar-refractivity contribution < 1.29 is 90.6 Å². The number of nitrogens with zero attached hydrogens (tertiary/aromatic N) is 6. The van der Waals surface area contributed by atoms with Crippen LogP contribution >= 0.6 is 0 Å². The van der Waals surface area contributed by atoms with E-state index in [0.29, 0.717) is 69.5 Å². The van der Waals surface area contributed by atoms with E-state index in [2.05, 4.69) is 31.9 Å². The van der Waals surface area contributed by atoms with Gasteiger partial charge in [-0.1, -0.05) is 147 Å². The lowest BCUT2D eigenvalue weighted by molar-refractivity contribution is -0.166. The summed E-state index contributed by atoms with van der Waals surface area (Å²) in [4.78, 5) is 175. The highest BCUT2D eigenvalue weighted by Crippen LogP contribution is 2.67. The molecule has 2 saturated heterocycles. The maximum absolute atomic E-state index is 15.2. The van der Waals surface area contributed by atoms with Crippen molar-refractivity contribution in [3.63, 3.8) is 0 Å². The molecule has 12 aromatic rings. The predicted molar refractivity (Wildman–Crippen MR) is 511 cm³/mol. The molecule has 6 amide bonds. The van der Waals surface area contributed by atoms with E-state index in [0.717, 1.165) is 0 Å². The maximum atomic E-state index is 15.2. The first-order valence-electron chi connectivity index (χ1n) is 45.6. The first-order valence-corrected chi connectivity index (χ1v) is 45.6. The molecule has 6 N–H and O–H groups in total. The van der Waals surface area contributed by atoms with Crippen molar-refractivity contribution in [3.05, 3.63) is 180 Å². The maximum Gasteiger partial charge on any atom is 0.365 e. The van der Waals surface area contributed by atoms with Gasteiger partial charge in [0.2, 0.25) is 0 Å². The Labute approximate surface area is 779 Å². The number of fused-ring (bicyclic) bond motifs is 10. The highest BCUT2D eigenvalue weighted by Gasteiger charge is 2.77. The number of para-hydroxylation sites is 6. The number of pyridine rings is 6. The number of hydrogen-bond donors (Lipinski definition) is 6. The topological polar surface area (TPSA) is 403 Å². The zero-order valence-electron chi connectivity index (χ0n) is 78.8. The molecule has 135 heavy (non-hydrogen) atoms. The number of nitrogens with one attached hydrogen (secondary N) is 6. The number of ether oxygens (including phenoxy) is 9. The molecular formula is C104H110N12O19. The van der Waals surface area contributed by atoms with E-state index in [1.807, 2.05) is 125 Å². The Bertz CT molecular complexity index is 6500. The highest BCUT2D eigenvalue weighted by molar-refractivity contribution is 6.18. The Morgan fingerprint density at radius 1 is 0.296 bits per heavy atom. The van der Waals surface area contributed by atoms with Gasteiger partial charge in [-0.15, -0.1) is 0 Å². The average Bonchev–Trinajstić information content (AvgIpc) is 1.52. The molecule has 700 valence electrons. The number of hydrogen-bond acceptors (Lipinski definition) is 25. The van der Waals surface area contributed by atoms with Crippen LogP contribution in [0.25, 0.3) is 65.4 Å². The Kier molecular flexibility index (Phi) is 25.3. The van der Waals surface area contributed by atoms with E-state index in [1.54, 1.807) is 109 Å². The fraction of sp³-hybridized carbons (Fsp3) is 0.385. The third-order valence-electron chi connectivity index (χ3n) is 26.2. The van der Waals surface area contributed by atoms with Gasteiger partial charge >= 0.3 is 23.9 Å². The zero-order chi connectivity index (χ0) is 96.4. The van der Waals surface area contributed by atoms with Crippen LogP contribution < -0.4 is 60.3 Å². The van der Waals surface area contributed by atoms with Gasteiger partial charge in [-0.3, -0.25) is 38.4 Å². The van der Waals surface area contributed by atoms with Crippen LogP contribution in [-0.4, -0.2) is 140 Å². The molecule has 16 rings (SSSR count). The normalized spacial score (nSPS) is 18.5. The monoisotopic (exact) mass is 1830 g/mol. The summed E-state index contributed by atoms with van der Waals surface area (Å²) in [5.74, 6) is -5.85. The number of rotatable bonds is 32. The Morgan fingerprint density at radius 3 is 0.689 bits per heavy atom. The fourth-order valence-electron chi connectivity index (χ4n) is 17.7. The van der Waals surface area contributed by atoms with Gasteiger partial charge in [0.05, 0.1) is 118 Å². The molecule has 0 spiro atoms. The Morgan fingerprint density at radius 2 is 0.496 bits per heavy atom. The van der Waals surface area contributed by atoms with Crippen LogP contribution in [0, 0.1) is 57.2 Å². The minimum Gasteiger partial charge on any atom is -0.493 e. The third-order valence-corrected chi connectivity index (χ3v) is 26.2. The summed E-state index contributed by atoms with van der Waals surface area (Å²) >= 11 is 0. The molecule has 0 unspecified atom stereocenters. The molecule has 31 nitrogen and oxygen atoms in total. The molecule has 2 saturated carbocycles. The average molecular weight is 1830 g/mol. The van der Waals surface area contributed by atoms with Crippen LogP contribution in [0.15, 0.2) is 146 Å². The zero-order valence-corrected chi connectivity index (χ0v) is 78.8.